The summed E-state index contributed by atoms with van der Waals surface area (Å²) in [6.45, 7) is 3.56. The predicted octanol–water partition coefficient (Wildman–Crippen LogP) is 5.43. The zero-order valence-corrected chi connectivity index (χ0v) is 22.5. The van der Waals surface area contributed by atoms with Crippen LogP contribution in [-0.4, -0.2) is 39.4 Å². The van der Waals surface area contributed by atoms with E-state index >= 15 is 0 Å². The van der Waals surface area contributed by atoms with E-state index in [4.69, 9.17) is 10.7 Å². The number of nitrogens with zero attached hydrogens (tertiary/aromatic N) is 4. The van der Waals surface area contributed by atoms with Gasteiger partial charge in [0.15, 0.2) is 5.82 Å². The van der Waals surface area contributed by atoms with E-state index in [2.05, 4.69) is 44.3 Å². The number of rotatable bonds is 10. The van der Waals surface area contributed by atoms with Crippen molar-refractivity contribution in [2.24, 2.45) is 0 Å². The number of unbranched alkanes of at least 4 members (excludes halogenated alkanes) is 1. The number of anilines is 2. The Morgan fingerprint density at radius 3 is 2.51 bits per heavy atom. The predicted molar refractivity (Wildman–Crippen MR) is 155 cm³/mol. The van der Waals surface area contributed by atoms with E-state index < -0.39 is 11.0 Å². The Labute approximate surface area is 220 Å². The Balaban J connectivity index is 1.38. The van der Waals surface area contributed by atoms with E-state index in [-0.39, 0.29) is 0 Å². The summed E-state index contributed by atoms with van der Waals surface area (Å²) in [7, 11) is 2.74. The monoisotopic (exact) mass is 514 g/mol. The molecule has 0 bridgehead atoms. The van der Waals surface area contributed by atoms with E-state index in [0.717, 1.165) is 81.3 Å². The number of fused-ring (bicyclic) bond motifs is 4. The van der Waals surface area contributed by atoms with Crippen LogP contribution in [0.4, 0.5) is 11.5 Å². The van der Waals surface area contributed by atoms with Crippen LogP contribution in [0.3, 0.4) is 0 Å². The fraction of sp³-hybridized carbons (Fsp3) is 0.310. The SMILES string of the molecule is CCCCc1nc2c(N)nc3ccccc3c2n1CCCNS(=O)c1cccc2c(N(C)C)cccc12. The summed E-state index contributed by atoms with van der Waals surface area (Å²) in [5, 5.41) is 3.17. The molecule has 3 N–H and O–H groups in total. The minimum absolute atomic E-state index is 0.470. The van der Waals surface area contributed by atoms with Gasteiger partial charge in [-0.3, -0.25) is 0 Å². The summed E-state index contributed by atoms with van der Waals surface area (Å²) in [5.74, 6) is 1.51. The smallest absolute Gasteiger partial charge is 0.152 e. The normalized spacial score (nSPS) is 12.5. The van der Waals surface area contributed by atoms with E-state index in [0.29, 0.717) is 12.4 Å². The number of aromatic nitrogens is 3. The van der Waals surface area contributed by atoms with Gasteiger partial charge in [-0.1, -0.05) is 55.8 Å². The maximum atomic E-state index is 13.3. The van der Waals surface area contributed by atoms with Crippen LogP contribution in [0.15, 0.2) is 65.6 Å². The number of aryl methyl sites for hydroxylation is 2. The van der Waals surface area contributed by atoms with E-state index in [9.17, 15) is 4.21 Å². The molecule has 1 atom stereocenters. The molecule has 0 aliphatic carbocycles. The molecule has 0 fully saturated rings. The molecule has 5 rings (SSSR count). The molecule has 192 valence electrons. The van der Waals surface area contributed by atoms with Gasteiger partial charge in [0.05, 0.1) is 15.9 Å². The van der Waals surface area contributed by atoms with E-state index in [1.807, 2.05) is 56.6 Å². The molecule has 37 heavy (non-hydrogen) atoms. The molecular weight excluding hydrogens is 480 g/mol. The van der Waals surface area contributed by atoms with Crippen molar-refractivity contribution in [1.29, 1.82) is 0 Å². The molecular formula is C29H34N6OS. The molecule has 0 amide bonds. The summed E-state index contributed by atoms with van der Waals surface area (Å²) >= 11 is 0. The first-order valence-corrected chi connectivity index (χ1v) is 14.0. The molecule has 0 aliphatic heterocycles. The molecule has 3 aromatic carbocycles. The second-order valence-corrected chi connectivity index (χ2v) is 10.8. The second kappa shape index (κ2) is 10.9. The third kappa shape index (κ3) is 4.91. The van der Waals surface area contributed by atoms with Crippen molar-refractivity contribution in [2.45, 2.75) is 44.0 Å². The highest BCUT2D eigenvalue weighted by Crippen LogP contribution is 2.30. The van der Waals surface area contributed by atoms with Crippen molar-refractivity contribution in [3.63, 3.8) is 0 Å². The fourth-order valence-corrected chi connectivity index (χ4v) is 6.03. The van der Waals surface area contributed by atoms with Crippen molar-refractivity contribution in [3.05, 3.63) is 66.5 Å². The van der Waals surface area contributed by atoms with Gasteiger partial charge in [0, 0.05) is 55.5 Å². The Kier molecular flexibility index (Phi) is 7.39. The number of imidazole rings is 1. The number of hydrogen-bond donors (Lipinski definition) is 2. The van der Waals surface area contributed by atoms with Crippen molar-refractivity contribution >= 4 is 55.2 Å². The van der Waals surface area contributed by atoms with Gasteiger partial charge in [-0.25, -0.2) is 18.9 Å². The Hall–Kier alpha value is -3.49. The van der Waals surface area contributed by atoms with Gasteiger partial charge < -0.3 is 15.2 Å². The van der Waals surface area contributed by atoms with Crippen LogP contribution in [0, 0.1) is 0 Å². The largest absolute Gasteiger partial charge is 0.382 e. The van der Waals surface area contributed by atoms with Crippen molar-refractivity contribution in [2.75, 3.05) is 31.3 Å². The molecule has 7 nitrogen and oxygen atoms in total. The van der Waals surface area contributed by atoms with Crippen molar-refractivity contribution < 1.29 is 4.21 Å². The minimum Gasteiger partial charge on any atom is -0.382 e. The minimum atomic E-state index is -1.31. The highest BCUT2D eigenvalue weighted by Gasteiger charge is 2.17. The average Bonchev–Trinajstić information content (AvgIpc) is 3.28. The van der Waals surface area contributed by atoms with Crippen molar-refractivity contribution in [1.82, 2.24) is 19.3 Å². The Morgan fingerprint density at radius 2 is 1.70 bits per heavy atom. The van der Waals surface area contributed by atoms with Crippen LogP contribution in [-0.2, 0) is 24.0 Å². The van der Waals surface area contributed by atoms with Gasteiger partial charge in [0.25, 0.3) is 0 Å². The molecule has 0 spiro atoms. The van der Waals surface area contributed by atoms with Crippen LogP contribution in [0.5, 0.6) is 0 Å². The fourth-order valence-electron chi connectivity index (χ4n) is 4.97. The zero-order chi connectivity index (χ0) is 25.9. The number of hydrogen-bond acceptors (Lipinski definition) is 5. The first kappa shape index (κ1) is 25.2. The molecule has 0 saturated carbocycles. The average molecular weight is 515 g/mol. The van der Waals surface area contributed by atoms with Crippen LogP contribution >= 0.6 is 0 Å². The topological polar surface area (TPSA) is 89.1 Å². The van der Waals surface area contributed by atoms with Gasteiger partial charge >= 0.3 is 0 Å². The zero-order valence-electron chi connectivity index (χ0n) is 21.7. The summed E-state index contributed by atoms with van der Waals surface area (Å²) < 4.78 is 18.8. The Bertz CT molecular complexity index is 1590. The summed E-state index contributed by atoms with van der Waals surface area (Å²) in [4.78, 5) is 12.4. The lowest BCUT2D eigenvalue weighted by atomic mass is 10.1. The number of pyridine rings is 1. The van der Waals surface area contributed by atoms with Gasteiger partial charge in [0.1, 0.15) is 22.3 Å². The molecule has 2 heterocycles. The number of nitrogens with two attached hydrogens (primary N) is 1. The maximum absolute atomic E-state index is 13.3. The first-order chi connectivity index (χ1) is 18.0. The highest BCUT2D eigenvalue weighted by molar-refractivity contribution is 7.83. The molecule has 0 aliphatic rings. The number of benzene rings is 3. The molecule has 0 saturated heterocycles. The molecule has 1 unspecified atom stereocenters. The van der Waals surface area contributed by atoms with E-state index in [1.54, 1.807) is 0 Å². The standard InChI is InChI=1S/C29H34N6OS/c1-4-5-17-26-33-27-28(22-11-6-7-14-23(22)32-29(27)30)35(26)19-10-18-31-37(36)25-16-9-12-20-21(25)13-8-15-24(20)34(2)3/h6-9,11-16,31H,4-5,10,17-19H2,1-3H3,(H2,30,32). The molecule has 0 radical (unpaired) electrons. The van der Waals surface area contributed by atoms with Gasteiger partial charge in [-0.05, 0) is 31.0 Å². The lowest BCUT2D eigenvalue weighted by Gasteiger charge is -2.17. The van der Waals surface area contributed by atoms with Crippen LogP contribution in [0.25, 0.3) is 32.7 Å². The summed E-state index contributed by atoms with van der Waals surface area (Å²) in [6.07, 6.45) is 3.86. The van der Waals surface area contributed by atoms with Crippen LogP contribution in [0.1, 0.15) is 32.0 Å². The van der Waals surface area contributed by atoms with Crippen LogP contribution in [0.2, 0.25) is 0 Å². The first-order valence-electron chi connectivity index (χ1n) is 12.9. The van der Waals surface area contributed by atoms with E-state index in [1.165, 1.54) is 0 Å². The molecule has 8 heteroatoms. The number of para-hydroxylation sites is 1. The number of nitrogens with one attached hydrogen (secondary N) is 1. The highest BCUT2D eigenvalue weighted by atomic mass is 32.2. The lowest BCUT2D eigenvalue weighted by molar-refractivity contribution is 0.603. The van der Waals surface area contributed by atoms with Crippen molar-refractivity contribution in [3.8, 4) is 0 Å². The van der Waals surface area contributed by atoms with Gasteiger partial charge in [0.2, 0.25) is 0 Å². The lowest BCUT2D eigenvalue weighted by Crippen LogP contribution is -2.20. The van der Waals surface area contributed by atoms with Crippen LogP contribution < -0.4 is 15.4 Å². The molecule has 2 aromatic heterocycles. The second-order valence-electron chi connectivity index (χ2n) is 9.53. The summed E-state index contributed by atoms with van der Waals surface area (Å²) in [6, 6.07) is 20.2. The molecule has 5 aromatic rings. The van der Waals surface area contributed by atoms with Gasteiger partial charge in [-0.15, -0.1) is 0 Å². The third-order valence-electron chi connectivity index (χ3n) is 6.78. The Morgan fingerprint density at radius 1 is 0.946 bits per heavy atom. The quantitative estimate of drug-likeness (QED) is 0.243. The summed E-state index contributed by atoms with van der Waals surface area (Å²) in [5.41, 5.74) is 10.1. The third-order valence-corrected chi connectivity index (χ3v) is 8.00. The maximum Gasteiger partial charge on any atom is 0.152 e. The number of nitrogen functional groups attached to an aromatic ring is 1. The van der Waals surface area contributed by atoms with Gasteiger partial charge in [-0.2, -0.15) is 0 Å².